The van der Waals surface area contributed by atoms with E-state index in [0.717, 1.165) is 59.3 Å². The van der Waals surface area contributed by atoms with Crippen LogP contribution in [-0.2, 0) is 22.1 Å². The van der Waals surface area contributed by atoms with Crippen LogP contribution in [0.1, 0.15) is 55.2 Å². The Morgan fingerprint density at radius 3 is 2.46 bits per heavy atom. The molecule has 52 heavy (non-hydrogen) atoms. The number of aromatic nitrogens is 1. The van der Waals surface area contributed by atoms with Crippen molar-refractivity contribution >= 4 is 16.1 Å². The number of sulfonamides is 1. The van der Waals surface area contributed by atoms with Crippen LogP contribution >= 0.6 is 0 Å². The van der Waals surface area contributed by atoms with Gasteiger partial charge in [0, 0.05) is 50.2 Å². The summed E-state index contributed by atoms with van der Waals surface area (Å²) in [6.45, 7) is 1.28. The third-order valence-electron chi connectivity index (χ3n) is 9.77. The van der Waals surface area contributed by atoms with Gasteiger partial charge in [0.15, 0.2) is 0 Å². The van der Waals surface area contributed by atoms with E-state index in [1.54, 1.807) is 18.3 Å². The summed E-state index contributed by atoms with van der Waals surface area (Å²) in [5.41, 5.74) is 4.76. The number of aliphatic hydroxyl groups is 5. The average Bonchev–Trinajstić information content (AvgIpc) is 4.10. The molecule has 2 amide bonds. The highest BCUT2D eigenvalue weighted by Gasteiger charge is 2.46. The lowest BCUT2D eigenvalue weighted by molar-refractivity contribution is -0.0902. The van der Waals surface area contributed by atoms with Crippen molar-refractivity contribution in [3.8, 4) is 16.9 Å². The SMILES string of the molecule is Cc1ccc(S(=O)(=O)N(C)CCCCNC(=O)N[C@@H](CO)[C@@H](O)[C@H](O)C(O)CO)cc1CNC1(c2cnccc2-c2ccccc2OC2CC2)CC1. The van der Waals surface area contributed by atoms with Crippen LogP contribution in [0.2, 0.25) is 0 Å². The number of ether oxygens (including phenoxy) is 1. The molecular formula is C37H51N5O9S. The number of unbranched alkanes of at least 4 members (excludes halogenated alkanes) is 1. The number of nitrogens with one attached hydrogen (secondary N) is 3. The average molecular weight is 742 g/mol. The Labute approximate surface area is 304 Å². The van der Waals surface area contributed by atoms with E-state index >= 15 is 0 Å². The second kappa shape index (κ2) is 17.4. The number of nitrogens with zero attached hydrogens (tertiary/aromatic N) is 2. The van der Waals surface area contributed by atoms with Gasteiger partial charge in [0.25, 0.3) is 0 Å². The molecule has 2 saturated carbocycles. The number of carbonyl (C=O) groups is 1. The number of hydrogen-bond donors (Lipinski definition) is 8. The van der Waals surface area contributed by atoms with Crippen molar-refractivity contribution in [1.82, 2.24) is 25.2 Å². The van der Waals surface area contributed by atoms with Crippen LogP contribution in [0.4, 0.5) is 4.79 Å². The Kier molecular flexibility index (Phi) is 13.3. The molecule has 14 nitrogen and oxygen atoms in total. The maximum absolute atomic E-state index is 13.6. The van der Waals surface area contributed by atoms with Crippen LogP contribution in [0.15, 0.2) is 65.8 Å². The molecule has 2 aliphatic rings. The van der Waals surface area contributed by atoms with E-state index < -0.39 is 53.6 Å². The number of benzene rings is 2. The molecule has 284 valence electrons. The normalized spacial score (nSPS) is 17.6. The molecule has 3 aromatic rings. The van der Waals surface area contributed by atoms with E-state index in [9.17, 15) is 33.6 Å². The fraction of sp³-hybridized carbons (Fsp3) is 0.514. The van der Waals surface area contributed by atoms with Crippen molar-refractivity contribution in [2.45, 2.75) is 92.9 Å². The van der Waals surface area contributed by atoms with Crippen molar-refractivity contribution in [3.05, 3.63) is 77.6 Å². The number of amides is 2. The summed E-state index contributed by atoms with van der Waals surface area (Å²) in [5.74, 6) is 0.870. The first-order valence-corrected chi connectivity index (χ1v) is 19.2. The molecule has 5 rings (SSSR count). The van der Waals surface area contributed by atoms with Gasteiger partial charge in [-0.3, -0.25) is 4.98 Å². The molecule has 2 aromatic carbocycles. The lowest BCUT2D eigenvalue weighted by Crippen LogP contribution is -2.56. The van der Waals surface area contributed by atoms with Crippen LogP contribution in [0.25, 0.3) is 11.1 Å². The van der Waals surface area contributed by atoms with E-state index in [1.807, 2.05) is 43.5 Å². The molecule has 0 aliphatic heterocycles. The van der Waals surface area contributed by atoms with Crippen molar-refractivity contribution in [3.63, 3.8) is 0 Å². The smallest absolute Gasteiger partial charge is 0.315 e. The Hall–Kier alpha value is -3.67. The minimum atomic E-state index is -3.81. The Morgan fingerprint density at radius 2 is 1.77 bits per heavy atom. The van der Waals surface area contributed by atoms with E-state index in [1.165, 1.54) is 11.4 Å². The lowest BCUT2D eigenvalue weighted by Gasteiger charge is -2.28. The summed E-state index contributed by atoms with van der Waals surface area (Å²) in [7, 11) is -2.29. The lowest BCUT2D eigenvalue weighted by atomic mass is 9.94. The predicted molar refractivity (Wildman–Crippen MR) is 194 cm³/mol. The summed E-state index contributed by atoms with van der Waals surface area (Å²) in [4.78, 5) is 16.9. The maximum atomic E-state index is 13.6. The van der Waals surface area contributed by atoms with Gasteiger partial charge in [-0.15, -0.1) is 0 Å². The Balaban J connectivity index is 1.15. The zero-order valence-electron chi connectivity index (χ0n) is 29.6. The number of rotatable bonds is 20. The molecular weight excluding hydrogens is 690 g/mol. The monoisotopic (exact) mass is 741 g/mol. The van der Waals surface area contributed by atoms with E-state index in [0.29, 0.717) is 19.4 Å². The van der Waals surface area contributed by atoms with Crippen LogP contribution in [0, 0.1) is 6.92 Å². The second-order valence-corrected chi connectivity index (χ2v) is 15.8. The zero-order valence-corrected chi connectivity index (χ0v) is 30.4. The molecule has 2 fully saturated rings. The largest absolute Gasteiger partial charge is 0.490 e. The van der Waals surface area contributed by atoms with Crippen molar-refractivity contribution in [2.75, 3.05) is 33.4 Å². The summed E-state index contributed by atoms with van der Waals surface area (Å²) in [6.07, 6.45) is 3.70. The first-order valence-electron chi connectivity index (χ1n) is 17.7. The topological polar surface area (TPSA) is 214 Å². The van der Waals surface area contributed by atoms with E-state index in [2.05, 4.69) is 27.0 Å². The summed E-state index contributed by atoms with van der Waals surface area (Å²) >= 11 is 0. The first kappa shape index (κ1) is 39.5. The Morgan fingerprint density at radius 1 is 1.02 bits per heavy atom. The quantitative estimate of drug-likeness (QED) is 0.0778. The van der Waals surface area contributed by atoms with Gasteiger partial charge in [-0.05, 0) is 92.0 Å². The highest BCUT2D eigenvalue weighted by molar-refractivity contribution is 7.89. The standard InChI is InChI=1S/C37H51N5O9S/c1-24-9-12-27(52(49,50)42(2)18-6-5-16-39-36(48)41-31(22-43)34(46)35(47)32(45)23-44)19-25(24)20-40-37(14-15-37)30-21-38-17-13-28(30)29-7-3-4-8-33(29)51-26-10-11-26/h3-4,7-9,12-13,17,19,21,26,31-32,34-35,40,43-47H,5-6,10-11,14-16,18,20,22-23H2,1-2H3,(H2,39,41,48)/t31-,32?,34+,35+/m0/s1. The molecule has 1 heterocycles. The second-order valence-electron chi connectivity index (χ2n) is 13.7. The van der Waals surface area contributed by atoms with Gasteiger partial charge >= 0.3 is 6.03 Å². The number of aliphatic hydroxyl groups excluding tert-OH is 5. The molecule has 8 N–H and O–H groups in total. The Bertz CT molecular complexity index is 1770. The van der Waals surface area contributed by atoms with Gasteiger partial charge < -0.3 is 46.2 Å². The minimum Gasteiger partial charge on any atom is -0.490 e. The summed E-state index contributed by atoms with van der Waals surface area (Å²) in [6, 6.07) is 13.3. The third kappa shape index (κ3) is 9.65. The molecule has 4 atom stereocenters. The van der Waals surface area contributed by atoms with Gasteiger partial charge in [0.1, 0.15) is 24.1 Å². The van der Waals surface area contributed by atoms with Gasteiger partial charge in [-0.2, -0.15) is 0 Å². The highest BCUT2D eigenvalue weighted by Crippen LogP contribution is 2.50. The minimum absolute atomic E-state index is 0.176. The first-order chi connectivity index (χ1) is 24.9. The van der Waals surface area contributed by atoms with Crippen molar-refractivity contribution in [1.29, 1.82) is 0 Å². The van der Waals surface area contributed by atoms with E-state index in [4.69, 9.17) is 9.84 Å². The van der Waals surface area contributed by atoms with Gasteiger partial charge in [-0.1, -0.05) is 24.3 Å². The van der Waals surface area contributed by atoms with Crippen LogP contribution in [0.5, 0.6) is 5.75 Å². The van der Waals surface area contributed by atoms with Crippen LogP contribution in [-0.4, -0.2) is 113 Å². The van der Waals surface area contributed by atoms with Crippen LogP contribution < -0.4 is 20.7 Å². The van der Waals surface area contributed by atoms with Gasteiger partial charge in [-0.25, -0.2) is 17.5 Å². The number of carbonyl (C=O) groups excluding carboxylic acids is 1. The fourth-order valence-electron chi connectivity index (χ4n) is 6.09. The van der Waals surface area contributed by atoms with Gasteiger partial charge in [0.2, 0.25) is 10.0 Å². The van der Waals surface area contributed by atoms with Crippen LogP contribution in [0.3, 0.4) is 0 Å². The van der Waals surface area contributed by atoms with Gasteiger partial charge in [0.05, 0.1) is 30.3 Å². The molecule has 1 unspecified atom stereocenters. The molecule has 0 saturated heterocycles. The molecule has 2 aliphatic carbocycles. The summed E-state index contributed by atoms with van der Waals surface area (Å²) < 4.78 is 34.7. The molecule has 0 radical (unpaired) electrons. The molecule has 0 bridgehead atoms. The number of hydrogen-bond acceptors (Lipinski definition) is 11. The number of urea groups is 1. The van der Waals surface area contributed by atoms with Crippen molar-refractivity contribution < 1.29 is 43.5 Å². The predicted octanol–water partition coefficient (Wildman–Crippen LogP) is 1.51. The fourth-order valence-corrected chi connectivity index (χ4v) is 7.35. The highest BCUT2D eigenvalue weighted by atomic mass is 32.2. The molecule has 15 heteroatoms. The maximum Gasteiger partial charge on any atom is 0.315 e. The van der Waals surface area contributed by atoms with E-state index in [-0.39, 0.29) is 29.6 Å². The number of para-hydroxylation sites is 1. The van der Waals surface area contributed by atoms with Crippen molar-refractivity contribution in [2.24, 2.45) is 0 Å². The number of pyridine rings is 1. The number of aryl methyl sites for hydroxylation is 1. The zero-order chi connectivity index (χ0) is 37.5. The third-order valence-corrected chi connectivity index (χ3v) is 11.6. The molecule has 0 spiro atoms. The summed E-state index contributed by atoms with van der Waals surface area (Å²) in [5, 5.41) is 56.5. The molecule has 1 aromatic heterocycles.